The predicted octanol–water partition coefficient (Wildman–Crippen LogP) is 5.88. The van der Waals surface area contributed by atoms with Crippen molar-refractivity contribution < 1.29 is 9.53 Å². The van der Waals surface area contributed by atoms with Crippen molar-refractivity contribution in [1.82, 2.24) is 4.90 Å². The third-order valence-electron chi connectivity index (χ3n) is 5.00. The van der Waals surface area contributed by atoms with Crippen LogP contribution < -0.4 is 4.74 Å². The largest absolute Gasteiger partial charge is 0.497 e. The van der Waals surface area contributed by atoms with Gasteiger partial charge < -0.3 is 9.64 Å². The summed E-state index contributed by atoms with van der Waals surface area (Å²) in [4.78, 5) is 14.4. The predicted molar refractivity (Wildman–Crippen MR) is 112 cm³/mol. The number of nitrogens with zero attached hydrogens (tertiary/aromatic N) is 1. The number of amides is 1. The van der Waals surface area contributed by atoms with Crippen LogP contribution in [0.15, 0.2) is 48.5 Å². The van der Waals surface area contributed by atoms with Crippen LogP contribution in [0.2, 0.25) is 0 Å². The molecule has 146 valence electrons. The van der Waals surface area contributed by atoms with Gasteiger partial charge in [-0.3, -0.25) is 4.79 Å². The van der Waals surface area contributed by atoms with Crippen molar-refractivity contribution in [3.63, 3.8) is 0 Å². The van der Waals surface area contributed by atoms with Crippen LogP contribution in [-0.2, 0) is 16.8 Å². The van der Waals surface area contributed by atoms with E-state index in [1.807, 2.05) is 43.0 Å². The van der Waals surface area contributed by atoms with Gasteiger partial charge in [0.2, 0.25) is 5.91 Å². The average molecular weight is 368 g/mol. The molecule has 0 spiro atoms. The van der Waals surface area contributed by atoms with Crippen LogP contribution >= 0.6 is 0 Å². The first-order valence-electron chi connectivity index (χ1n) is 9.91. The summed E-state index contributed by atoms with van der Waals surface area (Å²) >= 11 is 0. The minimum atomic E-state index is 0.146. The maximum absolute atomic E-state index is 12.4. The minimum absolute atomic E-state index is 0.146. The fourth-order valence-electron chi connectivity index (χ4n) is 3.41. The van der Waals surface area contributed by atoms with Crippen LogP contribution in [0.4, 0.5) is 0 Å². The summed E-state index contributed by atoms with van der Waals surface area (Å²) in [5.74, 6) is 1.08. The van der Waals surface area contributed by atoms with E-state index in [4.69, 9.17) is 4.74 Å². The summed E-state index contributed by atoms with van der Waals surface area (Å²) in [6.07, 6.45) is 1.52. The molecule has 1 saturated heterocycles. The first kappa shape index (κ1) is 21.0. The molecule has 1 aliphatic rings. The second kappa shape index (κ2) is 9.07. The Labute approximate surface area is 164 Å². The van der Waals surface area contributed by atoms with Crippen LogP contribution in [0.3, 0.4) is 0 Å². The molecule has 0 radical (unpaired) electrons. The molecule has 0 saturated carbocycles. The highest BCUT2D eigenvalue weighted by Crippen LogP contribution is 2.35. The molecule has 1 heterocycles. The molecule has 1 unspecified atom stereocenters. The van der Waals surface area contributed by atoms with Gasteiger partial charge in [-0.25, -0.2) is 0 Å². The average Bonchev–Trinajstić information content (AvgIpc) is 3.04. The fraction of sp³-hybridized carbons (Fsp3) is 0.458. The summed E-state index contributed by atoms with van der Waals surface area (Å²) in [5, 5.41) is 0. The van der Waals surface area contributed by atoms with Gasteiger partial charge in [0.05, 0.1) is 13.2 Å². The second-order valence-electron chi connectivity index (χ2n) is 7.80. The third kappa shape index (κ3) is 5.12. The Morgan fingerprint density at radius 3 is 2.11 bits per heavy atom. The molecule has 0 bridgehead atoms. The van der Waals surface area contributed by atoms with Crippen LogP contribution in [0.1, 0.15) is 70.2 Å². The Morgan fingerprint density at radius 2 is 1.59 bits per heavy atom. The van der Waals surface area contributed by atoms with Crippen molar-refractivity contribution in [2.24, 2.45) is 0 Å². The van der Waals surface area contributed by atoms with Gasteiger partial charge in [0, 0.05) is 13.0 Å². The van der Waals surface area contributed by atoms with Crippen molar-refractivity contribution in [3.8, 4) is 5.75 Å². The van der Waals surface area contributed by atoms with E-state index in [1.54, 1.807) is 7.11 Å². The molecule has 1 aliphatic heterocycles. The number of carbonyl (C=O) groups is 1. The molecule has 0 N–H and O–H groups in total. The lowest BCUT2D eigenvalue weighted by Crippen LogP contribution is -2.27. The number of carbonyl (C=O) groups excluding carboxylic acids is 1. The van der Waals surface area contributed by atoms with Gasteiger partial charge >= 0.3 is 0 Å². The Bertz CT molecular complexity index is 726. The summed E-state index contributed by atoms with van der Waals surface area (Å²) in [5.41, 5.74) is 3.83. The number of methoxy groups -OCH3 is 1. The quantitative estimate of drug-likeness (QED) is 0.675. The van der Waals surface area contributed by atoms with Crippen molar-refractivity contribution in [2.75, 3.05) is 7.11 Å². The van der Waals surface area contributed by atoms with Crippen molar-refractivity contribution in [1.29, 1.82) is 0 Å². The summed E-state index contributed by atoms with van der Waals surface area (Å²) in [6.45, 7) is 11.3. The Hall–Kier alpha value is -2.29. The van der Waals surface area contributed by atoms with Crippen LogP contribution in [0.5, 0.6) is 5.75 Å². The van der Waals surface area contributed by atoms with E-state index in [1.165, 1.54) is 11.1 Å². The van der Waals surface area contributed by atoms with Crippen LogP contribution in [0.25, 0.3) is 0 Å². The molecule has 3 heteroatoms. The molecule has 2 aromatic carbocycles. The Balaban J connectivity index is 0.00000126. The SMILES string of the molecule is CC.COc1ccc(CN2C(=O)CCC2c2ccc(C(C)(C)C)cc2)cc1. The summed E-state index contributed by atoms with van der Waals surface area (Å²) in [7, 11) is 1.66. The Morgan fingerprint density at radius 1 is 1.00 bits per heavy atom. The normalized spacial score (nSPS) is 16.7. The van der Waals surface area contributed by atoms with E-state index in [0.717, 1.165) is 17.7 Å². The van der Waals surface area contributed by atoms with Gasteiger partial charge in [0.15, 0.2) is 0 Å². The summed E-state index contributed by atoms with van der Waals surface area (Å²) < 4.78 is 5.21. The molecule has 27 heavy (non-hydrogen) atoms. The lowest BCUT2D eigenvalue weighted by atomic mass is 9.86. The van der Waals surface area contributed by atoms with Gasteiger partial charge in [-0.05, 0) is 40.7 Å². The number of benzene rings is 2. The molecule has 0 aliphatic carbocycles. The highest BCUT2D eigenvalue weighted by Gasteiger charge is 2.32. The molecule has 1 atom stereocenters. The molecule has 3 rings (SSSR count). The van der Waals surface area contributed by atoms with Crippen molar-refractivity contribution in [2.45, 2.75) is 65.5 Å². The van der Waals surface area contributed by atoms with E-state index < -0.39 is 0 Å². The van der Waals surface area contributed by atoms with E-state index in [2.05, 4.69) is 45.0 Å². The topological polar surface area (TPSA) is 29.5 Å². The Kier molecular flexibility index (Phi) is 7.06. The van der Waals surface area contributed by atoms with Gasteiger partial charge in [-0.2, -0.15) is 0 Å². The summed E-state index contributed by atoms with van der Waals surface area (Å²) in [6, 6.07) is 16.9. The first-order valence-corrected chi connectivity index (χ1v) is 9.91. The van der Waals surface area contributed by atoms with E-state index >= 15 is 0 Å². The van der Waals surface area contributed by atoms with Crippen molar-refractivity contribution in [3.05, 3.63) is 65.2 Å². The van der Waals surface area contributed by atoms with Crippen molar-refractivity contribution >= 4 is 5.91 Å². The fourth-order valence-corrected chi connectivity index (χ4v) is 3.41. The molecule has 1 fully saturated rings. The zero-order chi connectivity index (χ0) is 20.0. The molecule has 0 aromatic heterocycles. The van der Waals surface area contributed by atoms with E-state index in [9.17, 15) is 4.79 Å². The number of likely N-dealkylation sites (tertiary alicyclic amines) is 1. The number of hydrogen-bond acceptors (Lipinski definition) is 2. The standard InChI is InChI=1S/C22H27NO2.C2H6/c1-22(2,3)18-9-7-17(8-10-18)20-13-14-21(24)23(20)15-16-5-11-19(25-4)12-6-16;1-2/h5-12,20H,13-15H2,1-4H3;1-2H3. The number of ether oxygens (including phenoxy) is 1. The van der Waals surface area contributed by atoms with E-state index in [0.29, 0.717) is 13.0 Å². The van der Waals surface area contributed by atoms with Gasteiger partial charge in [-0.1, -0.05) is 71.0 Å². The van der Waals surface area contributed by atoms with Gasteiger partial charge in [-0.15, -0.1) is 0 Å². The van der Waals surface area contributed by atoms with Crippen LogP contribution in [-0.4, -0.2) is 17.9 Å². The molecule has 1 amide bonds. The number of rotatable bonds is 4. The molecular formula is C24H33NO2. The molecule has 2 aromatic rings. The number of hydrogen-bond donors (Lipinski definition) is 0. The minimum Gasteiger partial charge on any atom is -0.497 e. The highest BCUT2D eigenvalue weighted by atomic mass is 16.5. The zero-order valence-electron chi connectivity index (χ0n) is 17.6. The zero-order valence-corrected chi connectivity index (χ0v) is 17.6. The molecular weight excluding hydrogens is 334 g/mol. The van der Waals surface area contributed by atoms with Gasteiger partial charge in [0.1, 0.15) is 5.75 Å². The highest BCUT2D eigenvalue weighted by molar-refractivity contribution is 5.79. The monoisotopic (exact) mass is 367 g/mol. The van der Waals surface area contributed by atoms with Crippen LogP contribution in [0, 0.1) is 0 Å². The van der Waals surface area contributed by atoms with Gasteiger partial charge in [0.25, 0.3) is 0 Å². The van der Waals surface area contributed by atoms with E-state index in [-0.39, 0.29) is 17.4 Å². The maximum Gasteiger partial charge on any atom is 0.223 e. The lowest BCUT2D eigenvalue weighted by molar-refractivity contribution is -0.129. The third-order valence-corrected chi connectivity index (χ3v) is 5.00. The lowest BCUT2D eigenvalue weighted by Gasteiger charge is -2.26. The maximum atomic E-state index is 12.4. The smallest absolute Gasteiger partial charge is 0.223 e. The first-order chi connectivity index (χ1) is 12.9. The molecule has 3 nitrogen and oxygen atoms in total. The second-order valence-corrected chi connectivity index (χ2v) is 7.80.